The highest BCUT2D eigenvalue weighted by atomic mass is 15.1. The van der Waals surface area contributed by atoms with Crippen LogP contribution in [-0.4, -0.2) is 16.1 Å². The van der Waals surface area contributed by atoms with Crippen molar-refractivity contribution in [3.8, 4) is 0 Å². The number of imidazole rings is 1. The van der Waals surface area contributed by atoms with E-state index in [-0.39, 0.29) is 0 Å². The summed E-state index contributed by atoms with van der Waals surface area (Å²) >= 11 is 0. The summed E-state index contributed by atoms with van der Waals surface area (Å²) in [4.78, 5) is 4.36. The van der Waals surface area contributed by atoms with Crippen LogP contribution in [0.1, 0.15) is 64.6 Å². The van der Waals surface area contributed by atoms with Crippen LogP contribution in [0, 0.1) is 11.8 Å². The van der Waals surface area contributed by atoms with Gasteiger partial charge in [-0.05, 0) is 38.1 Å². The predicted octanol–water partition coefficient (Wildman–Crippen LogP) is 3.77. The molecule has 0 amide bonds. The molecule has 2 rings (SSSR count). The number of aromatic nitrogens is 2. The molecule has 1 aliphatic rings. The Morgan fingerprint density at radius 3 is 2.68 bits per heavy atom. The Balaban J connectivity index is 1.93. The normalized spacial score (nSPS) is 18.9. The van der Waals surface area contributed by atoms with Crippen molar-refractivity contribution in [2.24, 2.45) is 11.8 Å². The van der Waals surface area contributed by atoms with Crippen LogP contribution >= 0.6 is 0 Å². The maximum atomic E-state index is 4.36. The van der Waals surface area contributed by atoms with Gasteiger partial charge in [-0.25, -0.2) is 4.98 Å². The second-order valence-electron chi connectivity index (χ2n) is 6.46. The van der Waals surface area contributed by atoms with E-state index >= 15 is 0 Å². The third-order valence-corrected chi connectivity index (χ3v) is 4.38. The predicted molar refractivity (Wildman–Crippen MR) is 80.1 cm³/mol. The van der Waals surface area contributed by atoms with Crippen molar-refractivity contribution in [2.45, 2.75) is 65.5 Å². The molecule has 0 aromatic carbocycles. The molecule has 1 atom stereocenters. The minimum atomic E-state index is 0.596. The highest BCUT2D eigenvalue weighted by Gasteiger charge is 2.22. The summed E-state index contributed by atoms with van der Waals surface area (Å²) in [7, 11) is 0. The Hall–Kier alpha value is -0.830. The van der Waals surface area contributed by atoms with E-state index in [0.717, 1.165) is 19.0 Å². The van der Waals surface area contributed by atoms with Crippen molar-refractivity contribution in [3.05, 3.63) is 18.2 Å². The van der Waals surface area contributed by atoms with Crippen LogP contribution in [0.5, 0.6) is 0 Å². The Bertz CT molecular complexity index is 364. The summed E-state index contributed by atoms with van der Waals surface area (Å²) in [5.74, 6) is 1.54. The third kappa shape index (κ3) is 4.07. The van der Waals surface area contributed by atoms with Gasteiger partial charge >= 0.3 is 0 Å². The standard InChI is InChI=1S/C16H29N3/c1-13(2)9-17-10-16-11-18-12-19(16)14(3)15-7-5-4-6-8-15/h11-15,17H,4-10H2,1-3H3. The van der Waals surface area contributed by atoms with Gasteiger partial charge in [0.15, 0.2) is 0 Å². The molecule has 0 saturated heterocycles. The van der Waals surface area contributed by atoms with Crippen LogP contribution in [-0.2, 0) is 6.54 Å². The fourth-order valence-corrected chi connectivity index (χ4v) is 3.17. The molecule has 1 unspecified atom stereocenters. The van der Waals surface area contributed by atoms with Crippen molar-refractivity contribution < 1.29 is 0 Å². The molecular weight excluding hydrogens is 234 g/mol. The maximum Gasteiger partial charge on any atom is 0.0951 e. The summed E-state index contributed by atoms with van der Waals surface area (Å²) in [6, 6.07) is 0.596. The molecule has 19 heavy (non-hydrogen) atoms. The van der Waals surface area contributed by atoms with Gasteiger partial charge in [0, 0.05) is 18.8 Å². The number of nitrogens with zero attached hydrogens (tertiary/aromatic N) is 2. The zero-order chi connectivity index (χ0) is 13.7. The quantitative estimate of drug-likeness (QED) is 0.846. The molecule has 1 saturated carbocycles. The second-order valence-corrected chi connectivity index (χ2v) is 6.46. The van der Waals surface area contributed by atoms with E-state index in [2.05, 4.69) is 35.6 Å². The van der Waals surface area contributed by atoms with E-state index in [4.69, 9.17) is 0 Å². The van der Waals surface area contributed by atoms with Gasteiger partial charge in [0.25, 0.3) is 0 Å². The first kappa shape index (κ1) is 14.6. The summed E-state index contributed by atoms with van der Waals surface area (Å²) in [5, 5.41) is 3.52. The van der Waals surface area contributed by atoms with E-state index in [1.807, 2.05) is 12.5 Å². The van der Waals surface area contributed by atoms with Gasteiger partial charge in [-0.3, -0.25) is 0 Å². The molecule has 108 valence electrons. The molecule has 0 radical (unpaired) electrons. The number of rotatable bonds is 6. The van der Waals surface area contributed by atoms with Crippen molar-refractivity contribution in [2.75, 3.05) is 6.54 Å². The fourth-order valence-electron chi connectivity index (χ4n) is 3.17. The third-order valence-electron chi connectivity index (χ3n) is 4.38. The zero-order valence-corrected chi connectivity index (χ0v) is 12.7. The van der Waals surface area contributed by atoms with E-state index in [1.165, 1.54) is 37.8 Å². The summed E-state index contributed by atoms with van der Waals surface area (Å²) in [5.41, 5.74) is 1.33. The van der Waals surface area contributed by atoms with Crippen LogP contribution in [0.25, 0.3) is 0 Å². The van der Waals surface area contributed by atoms with Crippen LogP contribution in [0.3, 0.4) is 0 Å². The number of nitrogens with one attached hydrogen (secondary N) is 1. The molecule has 1 aliphatic carbocycles. The molecule has 3 heteroatoms. The Morgan fingerprint density at radius 1 is 1.26 bits per heavy atom. The van der Waals surface area contributed by atoms with Crippen LogP contribution < -0.4 is 5.32 Å². The van der Waals surface area contributed by atoms with Gasteiger partial charge in [-0.1, -0.05) is 33.1 Å². The molecule has 1 N–H and O–H groups in total. The molecule has 1 aromatic heterocycles. The second kappa shape index (κ2) is 7.09. The lowest BCUT2D eigenvalue weighted by Gasteiger charge is -2.29. The Morgan fingerprint density at radius 2 is 2.00 bits per heavy atom. The molecule has 0 bridgehead atoms. The van der Waals surface area contributed by atoms with Crippen molar-refractivity contribution in [1.29, 1.82) is 0 Å². The lowest BCUT2D eigenvalue weighted by atomic mass is 9.84. The van der Waals surface area contributed by atoms with Gasteiger partial charge in [-0.15, -0.1) is 0 Å². The van der Waals surface area contributed by atoms with Crippen LogP contribution in [0.2, 0.25) is 0 Å². The SMILES string of the molecule is CC(C)CNCc1cncn1C(C)C1CCCCC1. The van der Waals surface area contributed by atoms with Gasteiger partial charge in [0.1, 0.15) is 0 Å². The van der Waals surface area contributed by atoms with Gasteiger partial charge < -0.3 is 9.88 Å². The fraction of sp³-hybridized carbons (Fsp3) is 0.812. The minimum Gasteiger partial charge on any atom is -0.330 e. The van der Waals surface area contributed by atoms with Crippen molar-refractivity contribution >= 4 is 0 Å². The minimum absolute atomic E-state index is 0.596. The Kier molecular flexibility index (Phi) is 5.44. The monoisotopic (exact) mass is 263 g/mol. The van der Waals surface area contributed by atoms with Crippen LogP contribution in [0.4, 0.5) is 0 Å². The number of hydrogen-bond acceptors (Lipinski definition) is 2. The van der Waals surface area contributed by atoms with E-state index in [1.54, 1.807) is 0 Å². The number of hydrogen-bond donors (Lipinski definition) is 1. The highest BCUT2D eigenvalue weighted by Crippen LogP contribution is 2.33. The van der Waals surface area contributed by atoms with Gasteiger partial charge in [0.05, 0.1) is 12.0 Å². The van der Waals surface area contributed by atoms with Crippen molar-refractivity contribution in [1.82, 2.24) is 14.9 Å². The molecule has 1 heterocycles. The van der Waals surface area contributed by atoms with Gasteiger partial charge in [-0.2, -0.15) is 0 Å². The maximum absolute atomic E-state index is 4.36. The molecule has 1 aromatic rings. The lowest BCUT2D eigenvalue weighted by Crippen LogP contribution is -2.24. The molecule has 0 spiro atoms. The molecular formula is C16H29N3. The lowest BCUT2D eigenvalue weighted by molar-refractivity contribution is 0.259. The topological polar surface area (TPSA) is 29.9 Å². The van der Waals surface area contributed by atoms with E-state index < -0.39 is 0 Å². The average molecular weight is 263 g/mol. The summed E-state index contributed by atoms with van der Waals surface area (Å²) in [6.45, 7) is 8.87. The van der Waals surface area contributed by atoms with E-state index in [9.17, 15) is 0 Å². The molecule has 0 aliphatic heterocycles. The average Bonchev–Trinajstić information content (AvgIpc) is 2.87. The summed E-state index contributed by atoms with van der Waals surface area (Å²) in [6.07, 6.45) is 11.1. The highest BCUT2D eigenvalue weighted by molar-refractivity contribution is 5.00. The first-order valence-electron chi connectivity index (χ1n) is 7.90. The Labute approximate surface area is 117 Å². The first-order chi connectivity index (χ1) is 9.18. The largest absolute Gasteiger partial charge is 0.330 e. The first-order valence-corrected chi connectivity index (χ1v) is 7.90. The molecule has 3 nitrogen and oxygen atoms in total. The van der Waals surface area contributed by atoms with Gasteiger partial charge in [0.2, 0.25) is 0 Å². The summed E-state index contributed by atoms with van der Waals surface area (Å²) < 4.78 is 2.39. The van der Waals surface area contributed by atoms with E-state index in [0.29, 0.717) is 12.0 Å². The van der Waals surface area contributed by atoms with Crippen LogP contribution in [0.15, 0.2) is 12.5 Å². The molecule has 1 fully saturated rings. The smallest absolute Gasteiger partial charge is 0.0951 e. The zero-order valence-electron chi connectivity index (χ0n) is 12.7. The van der Waals surface area contributed by atoms with Crippen molar-refractivity contribution in [3.63, 3.8) is 0 Å².